The molecule has 72 valence electrons. The first kappa shape index (κ1) is 10.6. The summed E-state index contributed by atoms with van der Waals surface area (Å²) in [6, 6.07) is 8.72. The highest BCUT2D eigenvalue weighted by molar-refractivity contribution is 7.99. The zero-order valence-electron chi connectivity index (χ0n) is 8.08. The predicted octanol–water partition coefficient (Wildman–Crippen LogP) is 2.32. The van der Waals surface area contributed by atoms with Crippen molar-refractivity contribution in [2.24, 2.45) is 5.84 Å². The minimum Gasteiger partial charge on any atom is -0.271 e. The van der Waals surface area contributed by atoms with Gasteiger partial charge in [-0.05, 0) is 30.4 Å². The molecule has 1 aromatic rings. The largest absolute Gasteiger partial charge is 0.271 e. The molecule has 0 aliphatic heterocycles. The van der Waals surface area contributed by atoms with E-state index >= 15 is 0 Å². The predicted molar refractivity (Wildman–Crippen MR) is 58.6 cm³/mol. The third-order valence-corrected chi connectivity index (χ3v) is 2.84. The van der Waals surface area contributed by atoms with Gasteiger partial charge >= 0.3 is 0 Å². The number of thioether (sulfide) groups is 1. The van der Waals surface area contributed by atoms with Crippen LogP contribution in [0.15, 0.2) is 29.2 Å². The molecule has 0 bridgehead atoms. The van der Waals surface area contributed by atoms with Crippen molar-refractivity contribution < 1.29 is 0 Å². The molecule has 0 aliphatic rings. The highest BCUT2D eigenvalue weighted by Crippen LogP contribution is 2.20. The first-order valence-corrected chi connectivity index (χ1v) is 5.45. The summed E-state index contributed by atoms with van der Waals surface area (Å²) in [6.45, 7) is 4.20. The maximum atomic E-state index is 5.35. The van der Waals surface area contributed by atoms with Gasteiger partial charge in [0, 0.05) is 10.9 Å². The summed E-state index contributed by atoms with van der Waals surface area (Å²) in [4.78, 5) is 1.32. The van der Waals surface area contributed by atoms with Crippen molar-refractivity contribution in [1.29, 1.82) is 0 Å². The molecule has 0 fully saturated rings. The van der Waals surface area contributed by atoms with E-state index in [9.17, 15) is 0 Å². The van der Waals surface area contributed by atoms with Gasteiger partial charge < -0.3 is 0 Å². The molecule has 3 N–H and O–H groups in total. The fourth-order valence-electron chi connectivity index (χ4n) is 1.12. The lowest BCUT2D eigenvalue weighted by molar-refractivity contribution is 0.602. The Morgan fingerprint density at radius 3 is 2.46 bits per heavy atom. The molecule has 1 aromatic carbocycles. The maximum absolute atomic E-state index is 5.35. The molecule has 0 aliphatic carbocycles. The summed E-state index contributed by atoms with van der Waals surface area (Å²) in [5, 5.41) is 0. The fourth-order valence-corrected chi connectivity index (χ4v) is 1.78. The van der Waals surface area contributed by atoms with Crippen molar-refractivity contribution in [3.8, 4) is 0 Å². The molecule has 3 heteroatoms. The van der Waals surface area contributed by atoms with Gasteiger partial charge in [-0.3, -0.25) is 11.3 Å². The van der Waals surface area contributed by atoms with Crippen molar-refractivity contribution >= 4 is 11.8 Å². The zero-order valence-corrected chi connectivity index (χ0v) is 8.90. The van der Waals surface area contributed by atoms with Crippen LogP contribution in [-0.4, -0.2) is 5.75 Å². The molecule has 0 saturated carbocycles. The van der Waals surface area contributed by atoms with E-state index < -0.39 is 0 Å². The zero-order chi connectivity index (χ0) is 9.68. The maximum Gasteiger partial charge on any atom is 0.0431 e. The summed E-state index contributed by atoms with van der Waals surface area (Å²) in [5.74, 6) is 6.46. The van der Waals surface area contributed by atoms with E-state index in [1.807, 2.05) is 18.7 Å². The number of benzene rings is 1. The Morgan fingerprint density at radius 2 is 2.00 bits per heavy atom. The molecule has 0 amide bonds. The van der Waals surface area contributed by atoms with Crippen LogP contribution in [0.3, 0.4) is 0 Å². The van der Waals surface area contributed by atoms with Crippen molar-refractivity contribution in [3.05, 3.63) is 29.8 Å². The Hall–Kier alpha value is -0.510. The normalized spacial score (nSPS) is 12.8. The Kier molecular flexibility index (Phi) is 4.28. The summed E-state index contributed by atoms with van der Waals surface area (Å²) in [5.41, 5.74) is 3.95. The quantitative estimate of drug-likeness (QED) is 0.441. The van der Waals surface area contributed by atoms with Crippen molar-refractivity contribution in [2.45, 2.75) is 24.8 Å². The fraction of sp³-hybridized carbons (Fsp3) is 0.400. The Labute approximate surface area is 83.9 Å². The standard InChI is InChI=1S/C10H16N2S/c1-3-13-10-6-4-9(5-7-10)8(2)12-11/h4-8,12H,3,11H2,1-2H3. The molecule has 0 spiro atoms. The Balaban J connectivity index is 2.69. The number of nitrogens with two attached hydrogens (primary N) is 1. The summed E-state index contributed by atoms with van der Waals surface area (Å²) in [6.07, 6.45) is 0. The van der Waals surface area contributed by atoms with Crippen LogP contribution in [-0.2, 0) is 0 Å². The van der Waals surface area contributed by atoms with Gasteiger partial charge in [0.2, 0.25) is 0 Å². The Bertz CT molecular complexity index is 246. The summed E-state index contributed by atoms with van der Waals surface area (Å²) in [7, 11) is 0. The van der Waals surface area contributed by atoms with Crippen LogP contribution in [0.4, 0.5) is 0 Å². The molecule has 13 heavy (non-hydrogen) atoms. The summed E-state index contributed by atoms with van der Waals surface area (Å²) < 4.78 is 0. The van der Waals surface area contributed by atoms with Crippen LogP contribution >= 0.6 is 11.8 Å². The van der Waals surface area contributed by atoms with Gasteiger partial charge in [-0.25, -0.2) is 0 Å². The van der Waals surface area contributed by atoms with Crippen LogP contribution in [0.25, 0.3) is 0 Å². The average molecular weight is 196 g/mol. The third-order valence-electron chi connectivity index (χ3n) is 1.94. The van der Waals surface area contributed by atoms with Crippen LogP contribution in [0.2, 0.25) is 0 Å². The highest BCUT2D eigenvalue weighted by atomic mass is 32.2. The molecule has 2 nitrogen and oxygen atoms in total. The molecule has 1 rings (SSSR count). The molecule has 0 saturated heterocycles. The topological polar surface area (TPSA) is 38.0 Å². The average Bonchev–Trinajstić information content (AvgIpc) is 2.18. The SMILES string of the molecule is CCSc1ccc(C(C)NN)cc1. The van der Waals surface area contributed by atoms with E-state index in [0.29, 0.717) is 0 Å². The molecule has 1 atom stereocenters. The number of hydrogen-bond donors (Lipinski definition) is 2. The minimum absolute atomic E-state index is 0.223. The number of nitrogens with one attached hydrogen (secondary N) is 1. The molecular formula is C10H16N2S. The smallest absolute Gasteiger partial charge is 0.0431 e. The van der Waals surface area contributed by atoms with Gasteiger partial charge in [-0.2, -0.15) is 0 Å². The molecule has 0 aromatic heterocycles. The third kappa shape index (κ3) is 3.03. The second kappa shape index (κ2) is 5.27. The van der Waals surface area contributed by atoms with Crippen molar-refractivity contribution in [1.82, 2.24) is 5.43 Å². The number of hydrogen-bond acceptors (Lipinski definition) is 3. The lowest BCUT2D eigenvalue weighted by Gasteiger charge is -2.10. The highest BCUT2D eigenvalue weighted by Gasteiger charge is 2.01. The lowest BCUT2D eigenvalue weighted by Crippen LogP contribution is -2.25. The van der Waals surface area contributed by atoms with E-state index in [1.165, 1.54) is 10.5 Å². The lowest BCUT2D eigenvalue weighted by atomic mass is 10.1. The number of hydrazine groups is 1. The van der Waals surface area contributed by atoms with E-state index in [-0.39, 0.29) is 6.04 Å². The van der Waals surface area contributed by atoms with Gasteiger partial charge in [-0.1, -0.05) is 19.1 Å². The van der Waals surface area contributed by atoms with Crippen LogP contribution in [0.5, 0.6) is 0 Å². The van der Waals surface area contributed by atoms with E-state index in [2.05, 4.69) is 36.6 Å². The number of rotatable bonds is 4. The second-order valence-electron chi connectivity index (χ2n) is 2.89. The van der Waals surface area contributed by atoms with Gasteiger partial charge in [-0.15, -0.1) is 11.8 Å². The minimum atomic E-state index is 0.223. The van der Waals surface area contributed by atoms with E-state index in [4.69, 9.17) is 5.84 Å². The van der Waals surface area contributed by atoms with Crippen LogP contribution in [0.1, 0.15) is 25.5 Å². The van der Waals surface area contributed by atoms with E-state index in [0.717, 1.165) is 5.75 Å². The molecule has 0 radical (unpaired) electrons. The van der Waals surface area contributed by atoms with Gasteiger partial charge in [0.25, 0.3) is 0 Å². The van der Waals surface area contributed by atoms with Crippen molar-refractivity contribution in [3.63, 3.8) is 0 Å². The second-order valence-corrected chi connectivity index (χ2v) is 4.23. The van der Waals surface area contributed by atoms with Gasteiger partial charge in [0.15, 0.2) is 0 Å². The van der Waals surface area contributed by atoms with Crippen LogP contribution < -0.4 is 11.3 Å². The summed E-state index contributed by atoms with van der Waals surface area (Å²) >= 11 is 1.85. The van der Waals surface area contributed by atoms with Crippen molar-refractivity contribution in [2.75, 3.05) is 5.75 Å². The monoisotopic (exact) mass is 196 g/mol. The first-order valence-electron chi connectivity index (χ1n) is 4.46. The van der Waals surface area contributed by atoms with E-state index in [1.54, 1.807) is 0 Å². The van der Waals surface area contributed by atoms with Gasteiger partial charge in [0.1, 0.15) is 0 Å². The van der Waals surface area contributed by atoms with Gasteiger partial charge in [0.05, 0.1) is 0 Å². The molecule has 1 unspecified atom stereocenters. The Morgan fingerprint density at radius 1 is 1.38 bits per heavy atom. The molecule has 0 heterocycles. The molecular weight excluding hydrogens is 180 g/mol. The van der Waals surface area contributed by atoms with Crippen LogP contribution in [0, 0.1) is 0 Å². The first-order chi connectivity index (χ1) is 6.27.